The van der Waals surface area contributed by atoms with Crippen molar-refractivity contribution in [3.8, 4) is 5.75 Å². The molecular weight excluding hydrogens is 322 g/mol. The van der Waals surface area contributed by atoms with Crippen molar-refractivity contribution in [2.75, 3.05) is 25.0 Å². The Labute approximate surface area is 146 Å². The summed E-state index contributed by atoms with van der Waals surface area (Å²) in [7, 11) is 0. The first-order valence-electron chi connectivity index (χ1n) is 8.17. The van der Waals surface area contributed by atoms with E-state index in [-0.39, 0.29) is 18.5 Å². The lowest BCUT2D eigenvalue weighted by atomic mass is 10.3. The molecule has 0 unspecified atom stereocenters. The van der Waals surface area contributed by atoms with Gasteiger partial charge < -0.3 is 25.3 Å². The van der Waals surface area contributed by atoms with Crippen LogP contribution >= 0.6 is 0 Å². The van der Waals surface area contributed by atoms with Gasteiger partial charge in [-0.3, -0.25) is 4.79 Å². The number of nitrogens with one attached hydrogen (secondary N) is 3. The molecule has 0 aliphatic carbocycles. The number of amides is 3. The minimum Gasteiger partial charge on any atom is -0.484 e. The van der Waals surface area contributed by atoms with E-state index in [1.54, 1.807) is 36.8 Å². The van der Waals surface area contributed by atoms with Crippen LogP contribution in [0.2, 0.25) is 0 Å². The average Bonchev–Trinajstić information content (AvgIpc) is 3.12. The van der Waals surface area contributed by atoms with Crippen LogP contribution in [0.5, 0.6) is 5.75 Å². The van der Waals surface area contributed by atoms with Crippen LogP contribution in [0.15, 0.2) is 43.0 Å². The van der Waals surface area contributed by atoms with E-state index >= 15 is 0 Å². The maximum absolute atomic E-state index is 11.8. The molecule has 1 aromatic heterocycles. The summed E-state index contributed by atoms with van der Waals surface area (Å²) in [6.45, 7) is 3.76. The standard InChI is InChI=1S/C17H23N5O3/c1-2-19-16(23)12-25-15-6-4-14(5-7-15)21-17(24)20-8-3-10-22-11-9-18-13-22/h4-7,9,11,13H,2-3,8,10,12H2,1H3,(H,19,23)(H2,20,21,24). The number of hydrogen-bond acceptors (Lipinski definition) is 4. The lowest BCUT2D eigenvalue weighted by molar-refractivity contribution is -0.122. The van der Waals surface area contributed by atoms with E-state index in [1.165, 1.54) is 0 Å². The maximum Gasteiger partial charge on any atom is 0.319 e. The zero-order valence-electron chi connectivity index (χ0n) is 14.2. The quantitative estimate of drug-likeness (QED) is 0.602. The van der Waals surface area contributed by atoms with E-state index in [0.29, 0.717) is 24.5 Å². The van der Waals surface area contributed by atoms with Gasteiger partial charge in [0.25, 0.3) is 5.91 Å². The van der Waals surface area contributed by atoms with E-state index in [4.69, 9.17) is 4.74 Å². The fourth-order valence-electron chi connectivity index (χ4n) is 2.09. The molecule has 0 aliphatic rings. The van der Waals surface area contributed by atoms with Crippen molar-refractivity contribution in [1.29, 1.82) is 0 Å². The molecular formula is C17H23N5O3. The highest BCUT2D eigenvalue weighted by atomic mass is 16.5. The molecule has 2 rings (SSSR count). The van der Waals surface area contributed by atoms with E-state index < -0.39 is 0 Å². The number of nitrogens with zero attached hydrogens (tertiary/aromatic N) is 2. The predicted octanol–water partition coefficient (Wildman–Crippen LogP) is 1.61. The molecule has 0 bridgehead atoms. The number of aromatic nitrogens is 2. The molecule has 0 aliphatic heterocycles. The van der Waals surface area contributed by atoms with E-state index in [0.717, 1.165) is 13.0 Å². The van der Waals surface area contributed by atoms with E-state index in [2.05, 4.69) is 20.9 Å². The molecule has 1 aromatic carbocycles. The highest BCUT2D eigenvalue weighted by Gasteiger charge is 2.03. The molecule has 0 spiro atoms. The van der Waals surface area contributed by atoms with Gasteiger partial charge in [-0.2, -0.15) is 0 Å². The third-order valence-electron chi connectivity index (χ3n) is 3.29. The Bertz CT molecular complexity index is 655. The summed E-state index contributed by atoms with van der Waals surface area (Å²) in [5, 5.41) is 8.19. The summed E-state index contributed by atoms with van der Waals surface area (Å²) >= 11 is 0. The van der Waals surface area contributed by atoms with Gasteiger partial charge in [0.05, 0.1) is 6.33 Å². The fourth-order valence-corrected chi connectivity index (χ4v) is 2.09. The highest BCUT2D eigenvalue weighted by Crippen LogP contribution is 2.15. The molecule has 0 fully saturated rings. The highest BCUT2D eigenvalue weighted by molar-refractivity contribution is 5.89. The molecule has 0 saturated heterocycles. The fraction of sp³-hybridized carbons (Fsp3) is 0.353. The Morgan fingerprint density at radius 3 is 2.68 bits per heavy atom. The molecule has 134 valence electrons. The Balaban J connectivity index is 1.65. The van der Waals surface area contributed by atoms with Crippen LogP contribution < -0.4 is 20.7 Å². The maximum atomic E-state index is 11.8. The molecule has 3 amide bonds. The van der Waals surface area contributed by atoms with Crippen molar-refractivity contribution >= 4 is 17.6 Å². The van der Waals surface area contributed by atoms with Crippen LogP contribution in [-0.2, 0) is 11.3 Å². The molecule has 0 saturated carbocycles. The SMILES string of the molecule is CCNC(=O)COc1ccc(NC(=O)NCCCn2ccnc2)cc1. The summed E-state index contributed by atoms with van der Waals surface area (Å²) in [5.74, 6) is 0.400. The number of urea groups is 1. The van der Waals surface area contributed by atoms with Crippen LogP contribution in [0, 0.1) is 0 Å². The summed E-state index contributed by atoms with van der Waals surface area (Å²) in [6, 6.07) is 6.58. The van der Waals surface area contributed by atoms with Crippen LogP contribution in [0.3, 0.4) is 0 Å². The molecule has 0 radical (unpaired) electrons. The molecule has 8 heteroatoms. The van der Waals surface area contributed by atoms with E-state index in [1.807, 2.05) is 17.7 Å². The predicted molar refractivity (Wildman–Crippen MR) is 94.5 cm³/mol. The summed E-state index contributed by atoms with van der Waals surface area (Å²) in [6.07, 6.45) is 6.17. The number of ether oxygens (including phenoxy) is 1. The lowest BCUT2D eigenvalue weighted by Crippen LogP contribution is -2.30. The second-order valence-electron chi connectivity index (χ2n) is 5.30. The molecule has 1 heterocycles. The number of aryl methyl sites for hydroxylation is 1. The molecule has 2 aromatic rings. The topological polar surface area (TPSA) is 97.3 Å². The Morgan fingerprint density at radius 1 is 1.20 bits per heavy atom. The van der Waals surface area contributed by atoms with Gasteiger partial charge >= 0.3 is 6.03 Å². The van der Waals surface area contributed by atoms with Gasteiger partial charge in [-0.05, 0) is 37.6 Å². The first-order chi connectivity index (χ1) is 12.2. The van der Waals surface area contributed by atoms with Crippen LogP contribution in [0.1, 0.15) is 13.3 Å². The van der Waals surface area contributed by atoms with Gasteiger partial charge in [0, 0.05) is 37.7 Å². The minimum absolute atomic E-state index is 0.0297. The van der Waals surface area contributed by atoms with Crippen molar-refractivity contribution in [3.05, 3.63) is 43.0 Å². The van der Waals surface area contributed by atoms with Crippen molar-refractivity contribution in [2.45, 2.75) is 19.9 Å². The lowest BCUT2D eigenvalue weighted by Gasteiger charge is -2.09. The second-order valence-corrected chi connectivity index (χ2v) is 5.30. The second kappa shape index (κ2) is 9.96. The van der Waals surface area contributed by atoms with Crippen molar-refractivity contribution in [2.24, 2.45) is 0 Å². The van der Waals surface area contributed by atoms with Crippen molar-refractivity contribution in [3.63, 3.8) is 0 Å². The number of likely N-dealkylation sites (N-methyl/N-ethyl adjacent to an activating group) is 1. The van der Waals surface area contributed by atoms with Gasteiger partial charge in [0.15, 0.2) is 6.61 Å². The molecule has 0 atom stereocenters. The third kappa shape index (κ3) is 6.94. The van der Waals surface area contributed by atoms with Gasteiger partial charge in [-0.25, -0.2) is 9.78 Å². The average molecular weight is 345 g/mol. The smallest absolute Gasteiger partial charge is 0.319 e. The zero-order valence-corrected chi connectivity index (χ0v) is 14.2. The van der Waals surface area contributed by atoms with Gasteiger partial charge in [-0.1, -0.05) is 0 Å². The number of carbonyl (C=O) groups excluding carboxylic acids is 2. The van der Waals surface area contributed by atoms with Gasteiger partial charge in [-0.15, -0.1) is 0 Å². The van der Waals surface area contributed by atoms with Gasteiger partial charge in [0.2, 0.25) is 0 Å². The number of benzene rings is 1. The van der Waals surface area contributed by atoms with E-state index in [9.17, 15) is 9.59 Å². The Hall–Kier alpha value is -3.03. The Morgan fingerprint density at radius 2 is 2.00 bits per heavy atom. The number of anilines is 1. The number of imidazole rings is 1. The Kier molecular flexibility index (Phi) is 7.30. The molecule has 25 heavy (non-hydrogen) atoms. The van der Waals surface area contributed by atoms with Crippen molar-refractivity contribution in [1.82, 2.24) is 20.2 Å². The summed E-state index contributed by atoms with van der Waals surface area (Å²) in [5.41, 5.74) is 0.650. The zero-order chi connectivity index (χ0) is 17.9. The first kappa shape index (κ1) is 18.3. The molecule has 8 nitrogen and oxygen atoms in total. The minimum atomic E-state index is -0.262. The largest absolute Gasteiger partial charge is 0.484 e. The van der Waals surface area contributed by atoms with Gasteiger partial charge in [0.1, 0.15) is 5.75 Å². The number of rotatable bonds is 9. The number of carbonyl (C=O) groups is 2. The van der Waals surface area contributed by atoms with Crippen molar-refractivity contribution < 1.29 is 14.3 Å². The summed E-state index contributed by atoms with van der Waals surface area (Å²) < 4.78 is 7.30. The monoisotopic (exact) mass is 345 g/mol. The van der Waals surface area contributed by atoms with Crippen LogP contribution in [-0.4, -0.2) is 41.2 Å². The summed E-state index contributed by atoms with van der Waals surface area (Å²) in [4.78, 5) is 27.1. The third-order valence-corrected chi connectivity index (χ3v) is 3.29. The normalized spacial score (nSPS) is 10.1. The molecule has 3 N–H and O–H groups in total. The van der Waals surface area contributed by atoms with Crippen LogP contribution in [0.25, 0.3) is 0 Å². The number of hydrogen-bond donors (Lipinski definition) is 3. The first-order valence-corrected chi connectivity index (χ1v) is 8.17. The van der Waals surface area contributed by atoms with Crippen LogP contribution in [0.4, 0.5) is 10.5 Å².